The smallest absolute Gasteiger partial charge is 0.224 e. The van der Waals surface area contributed by atoms with Crippen LogP contribution in [0, 0.1) is 25.7 Å². The third-order valence-corrected chi connectivity index (χ3v) is 5.32. The lowest BCUT2D eigenvalue weighted by Crippen LogP contribution is -2.39. The number of amides is 1. The average molecular weight is 317 g/mol. The first kappa shape index (κ1) is 17.8. The van der Waals surface area contributed by atoms with Gasteiger partial charge in [-0.05, 0) is 80.2 Å². The lowest BCUT2D eigenvalue weighted by molar-refractivity contribution is -0.121. The number of nitrogens with one attached hydrogen (secondary N) is 1. The second kappa shape index (κ2) is 7.85. The Morgan fingerprint density at radius 2 is 1.74 bits per heavy atom. The van der Waals surface area contributed by atoms with E-state index in [0.717, 1.165) is 47.1 Å². The van der Waals surface area contributed by atoms with Crippen LogP contribution < -0.4 is 10.1 Å². The van der Waals surface area contributed by atoms with Crippen molar-refractivity contribution in [2.75, 3.05) is 7.11 Å². The molecular weight excluding hydrogens is 286 g/mol. The van der Waals surface area contributed by atoms with Gasteiger partial charge < -0.3 is 10.1 Å². The molecule has 0 heterocycles. The van der Waals surface area contributed by atoms with Gasteiger partial charge in [0, 0.05) is 6.04 Å². The van der Waals surface area contributed by atoms with Gasteiger partial charge in [-0.1, -0.05) is 13.8 Å². The Kier molecular flexibility index (Phi) is 6.09. The molecule has 0 aromatic heterocycles. The second-order valence-corrected chi connectivity index (χ2v) is 7.34. The molecule has 128 valence electrons. The van der Waals surface area contributed by atoms with Crippen molar-refractivity contribution in [1.29, 1.82) is 0 Å². The summed E-state index contributed by atoms with van der Waals surface area (Å²) in [7, 11) is 1.67. The van der Waals surface area contributed by atoms with Crippen LogP contribution >= 0.6 is 0 Å². The van der Waals surface area contributed by atoms with Crippen molar-refractivity contribution in [2.45, 2.75) is 65.8 Å². The van der Waals surface area contributed by atoms with Gasteiger partial charge in [-0.2, -0.15) is 0 Å². The molecule has 0 atom stereocenters. The fourth-order valence-corrected chi connectivity index (χ4v) is 3.72. The summed E-state index contributed by atoms with van der Waals surface area (Å²) in [5, 5.41) is 3.24. The molecule has 0 aliphatic heterocycles. The number of hydrogen-bond donors (Lipinski definition) is 1. The number of hydrogen-bond acceptors (Lipinski definition) is 2. The van der Waals surface area contributed by atoms with Crippen LogP contribution in [0.15, 0.2) is 12.1 Å². The fourth-order valence-electron chi connectivity index (χ4n) is 3.72. The number of methoxy groups -OCH3 is 1. The first-order valence-corrected chi connectivity index (χ1v) is 8.84. The summed E-state index contributed by atoms with van der Waals surface area (Å²) in [5.41, 5.74) is 3.38. The summed E-state index contributed by atoms with van der Waals surface area (Å²) in [5.74, 6) is 2.59. The summed E-state index contributed by atoms with van der Waals surface area (Å²) >= 11 is 0. The van der Waals surface area contributed by atoms with Crippen LogP contribution in [0.2, 0.25) is 0 Å². The third-order valence-electron chi connectivity index (χ3n) is 5.32. The average Bonchev–Trinajstić information content (AvgIpc) is 2.51. The van der Waals surface area contributed by atoms with E-state index in [0.29, 0.717) is 12.5 Å². The highest BCUT2D eigenvalue weighted by molar-refractivity contribution is 5.79. The van der Waals surface area contributed by atoms with Gasteiger partial charge in [-0.25, -0.2) is 0 Å². The molecule has 3 nitrogen and oxygen atoms in total. The molecule has 3 heteroatoms. The quantitative estimate of drug-likeness (QED) is 0.884. The molecule has 0 spiro atoms. The number of aryl methyl sites for hydroxylation is 2. The third kappa shape index (κ3) is 4.73. The molecule has 1 amide bonds. The van der Waals surface area contributed by atoms with Crippen molar-refractivity contribution in [2.24, 2.45) is 11.8 Å². The van der Waals surface area contributed by atoms with Crippen LogP contribution in [0.3, 0.4) is 0 Å². The molecule has 0 saturated heterocycles. The summed E-state index contributed by atoms with van der Waals surface area (Å²) in [4.78, 5) is 12.4. The first-order chi connectivity index (χ1) is 10.9. The number of carbonyl (C=O) groups excluding carboxylic acids is 1. The van der Waals surface area contributed by atoms with E-state index in [-0.39, 0.29) is 5.91 Å². The molecule has 1 aliphatic rings. The summed E-state index contributed by atoms with van der Waals surface area (Å²) in [6, 6.07) is 4.36. The van der Waals surface area contributed by atoms with E-state index in [4.69, 9.17) is 4.74 Å². The molecule has 1 N–H and O–H groups in total. The molecule has 0 bridgehead atoms. The molecule has 1 aromatic rings. The normalized spacial score (nSPS) is 21.3. The lowest BCUT2D eigenvalue weighted by Gasteiger charge is -2.31. The molecule has 1 fully saturated rings. The highest BCUT2D eigenvalue weighted by atomic mass is 16.5. The van der Waals surface area contributed by atoms with Gasteiger partial charge in [0.1, 0.15) is 5.75 Å². The van der Waals surface area contributed by atoms with E-state index in [2.05, 4.69) is 19.2 Å². The minimum absolute atomic E-state index is 0.148. The maximum atomic E-state index is 12.4. The van der Waals surface area contributed by atoms with E-state index in [1.807, 2.05) is 26.0 Å². The number of rotatable bonds is 5. The van der Waals surface area contributed by atoms with Crippen molar-refractivity contribution in [3.8, 4) is 5.75 Å². The van der Waals surface area contributed by atoms with Gasteiger partial charge in [0.2, 0.25) is 5.91 Å². The Bertz CT molecular complexity index is 520. The van der Waals surface area contributed by atoms with Crippen molar-refractivity contribution >= 4 is 5.91 Å². The minimum atomic E-state index is 0.148. The maximum absolute atomic E-state index is 12.4. The Morgan fingerprint density at radius 3 is 2.22 bits per heavy atom. The highest BCUT2D eigenvalue weighted by Gasteiger charge is 2.24. The van der Waals surface area contributed by atoms with E-state index in [1.165, 1.54) is 12.8 Å². The Balaban J connectivity index is 1.91. The van der Waals surface area contributed by atoms with Crippen LogP contribution in [0.1, 0.15) is 56.2 Å². The van der Waals surface area contributed by atoms with Crippen molar-refractivity contribution in [3.05, 3.63) is 28.8 Å². The zero-order valence-electron chi connectivity index (χ0n) is 15.2. The van der Waals surface area contributed by atoms with Crippen LogP contribution in [-0.4, -0.2) is 19.1 Å². The number of ether oxygens (including phenoxy) is 1. The molecule has 0 unspecified atom stereocenters. The largest absolute Gasteiger partial charge is 0.497 e. The van der Waals surface area contributed by atoms with Gasteiger partial charge >= 0.3 is 0 Å². The monoisotopic (exact) mass is 317 g/mol. The molecule has 23 heavy (non-hydrogen) atoms. The van der Waals surface area contributed by atoms with Gasteiger partial charge in [0.15, 0.2) is 0 Å². The predicted octanol–water partition coefficient (Wildman–Crippen LogP) is 4.19. The second-order valence-electron chi connectivity index (χ2n) is 7.34. The summed E-state index contributed by atoms with van der Waals surface area (Å²) in [6.45, 7) is 8.70. The van der Waals surface area contributed by atoms with Crippen LogP contribution in [-0.2, 0) is 11.2 Å². The zero-order chi connectivity index (χ0) is 17.0. The maximum Gasteiger partial charge on any atom is 0.224 e. The predicted molar refractivity (Wildman–Crippen MR) is 94.9 cm³/mol. The summed E-state index contributed by atoms with van der Waals surface area (Å²) < 4.78 is 5.29. The van der Waals surface area contributed by atoms with Crippen molar-refractivity contribution in [3.63, 3.8) is 0 Å². The minimum Gasteiger partial charge on any atom is -0.497 e. The van der Waals surface area contributed by atoms with Crippen LogP contribution in [0.5, 0.6) is 5.75 Å². The van der Waals surface area contributed by atoms with E-state index in [1.54, 1.807) is 7.11 Å². The Morgan fingerprint density at radius 1 is 1.17 bits per heavy atom. The molecule has 1 aliphatic carbocycles. The number of benzene rings is 1. The van der Waals surface area contributed by atoms with Gasteiger partial charge in [0.05, 0.1) is 13.5 Å². The molecule has 1 aromatic carbocycles. The van der Waals surface area contributed by atoms with E-state index < -0.39 is 0 Å². The fraction of sp³-hybridized carbons (Fsp3) is 0.650. The first-order valence-electron chi connectivity index (χ1n) is 8.84. The van der Waals surface area contributed by atoms with E-state index >= 15 is 0 Å². The van der Waals surface area contributed by atoms with Gasteiger partial charge in [-0.3, -0.25) is 4.79 Å². The summed E-state index contributed by atoms with van der Waals surface area (Å²) in [6.07, 6.45) is 5.18. The molecule has 0 radical (unpaired) electrons. The van der Waals surface area contributed by atoms with Crippen molar-refractivity contribution < 1.29 is 9.53 Å². The Labute approximate surface area is 140 Å². The van der Waals surface area contributed by atoms with Gasteiger partial charge in [-0.15, -0.1) is 0 Å². The molecular formula is C20H31NO2. The lowest BCUT2D eigenvalue weighted by atomic mass is 9.79. The van der Waals surface area contributed by atoms with Gasteiger partial charge in [0.25, 0.3) is 0 Å². The molecule has 2 rings (SSSR count). The standard InChI is InChI=1S/C20H31NO2/c1-13(2)16-6-8-17(9-7-16)21-20(22)12-19-14(3)10-18(23-5)11-15(19)4/h10-11,13,16-17H,6-9,12H2,1-5H3,(H,21,22). The molecule has 1 saturated carbocycles. The van der Waals surface area contributed by atoms with Crippen LogP contribution in [0.4, 0.5) is 0 Å². The Hall–Kier alpha value is -1.51. The number of carbonyl (C=O) groups is 1. The SMILES string of the molecule is COc1cc(C)c(CC(=O)NC2CCC(C(C)C)CC2)c(C)c1. The topological polar surface area (TPSA) is 38.3 Å². The zero-order valence-corrected chi connectivity index (χ0v) is 15.2. The van der Waals surface area contributed by atoms with E-state index in [9.17, 15) is 4.79 Å². The van der Waals surface area contributed by atoms with Crippen LogP contribution in [0.25, 0.3) is 0 Å². The highest BCUT2D eigenvalue weighted by Crippen LogP contribution is 2.30. The van der Waals surface area contributed by atoms with Crippen molar-refractivity contribution in [1.82, 2.24) is 5.32 Å².